The number of halogens is 3. The molecule has 13 heteroatoms. The first kappa shape index (κ1) is 26.6. The van der Waals surface area contributed by atoms with Crippen LogP contribution in [-0.2, 0) is 30.3 Å². The van der Waals surface area contributed by atoms with Crippen LogP contribution in [-0.4, -0.2) is 53.2 Å². The molecule has 0 radical (unpaired) electrons. The standard InChI is InChI=1S/C25H27ClF2N8O.H2S/c1-24(27,28)25(6-4-7-25)23-33-32-22-19-9-15(12-35(19)13-16(37-3)14-36(22)23)17-10-20(29-11-18(17)26)31-21-5-8-30-34(21)2;/h5,8-12,16H,4,6-7,13-14H2,1-3H3,(H,29,31);1H2/t16-;/m0./s1. The van der Waals surface area contributed by atoms with E-state index in [0.29, 0.717) is 48.4 Å². The molecule has 1 aliphatic heterocycles. The molecule has 4 aromatic rings. The van der Waals surface area contributed by atoms with E-state index in [1.54, 1.807) is 24.2 Å². The summed E-state index contributed by atoms with van der Waals surface area (Å²) in [7, 11) is 3.47. The van der Waals surface area contributed by atoms with Crippen molar-refractivity contribution in [3.05, 3.63) is 47.6 Å². The lowest BCUT2D eigenvalue weighted by Crippen LogP contribution is -2.50. The molecule has 1 N–H and O–H groups in total. The highest BCUT2D eigenvalue weighted by Gasteiger charge is 2.58. The van der Waals surface area contributed by atoms with Crippen molar-refractivity contribution in [1.82, 2.24) is 34.1 Å². The van der Waals surface area contributed by atoms with Crippen molar-refractivity contribution in [2.45, 2.75) is 56.7 Å². The molecule has 6 rings (SSSR count). The van der Waals surface area contributed by atoms with Crippen molar-refractivity contribution in [2.75, 3.05) is 12.4 Å². The first-order chi connectivity index (χ1) is 17.7. The fourth-order valence-corrected chi connectivity index (χ4v) is 5.60. The van der Waals surface area contributed by atoms with Crippen molar-refractivity contribution < 1.29 is 13.5 Å². The molecule has 1 saturated carbocycles. The molecule has 0 bridgehead atoms. The second-order valence-electron chi connectivity index (χ2n) is 9.92. The lowest BCUT2D eigenvalue weighted by molar-refractivity contribution is -0.103. The molecular formula is C25H29ClF2N8OS. The van der Waals surface area contributed by atoms with E-state index in [0.717, 1.165) is 36.0 Å². The maximum Gasteiger partial charge on any atom is 0.257 e. The number of nitrogens with one attached hydrogen (secondary N) is 1. The number of ether oxygens (including phenoxy) is 1. The van der Waals surface area contributed by atoms with Gasteiger partial charge in [-0.15, -0.1) is 10.2 Å². The van der Waals surface area contributed by atoms with Gasteiger partial charge in [0, 0.05) is 50.7 Å². The monoisotopic (exact) mass is 562 g/mol. The minimum atomic E-state index is -2.90. The number of nitrogens with zero attached hydrogens (tertiary/aromatic N) is 7. The summed E-state index contributed by atoms with van der Waals surface area (Å²) in [5, 5.41) is 16.7. The maximum absolute atomic E-state index is 14.9. The minimum absolute atomic E-state index is 0. The number of hydrogen-bond acceptors (Lipinski definition) is 6. The number of alkyl halides is 2. The predicted octanol–water partition coefficient (Wildman–Crippen LogP) is 5.16. The average molecular weight is 563 g/mol. The molecular weight excluding hydrogens is 534 g/mol. The normalized spacial score (nSPS) is 18.1. The Morgan fingerprint density at radius 3 is 2.63 bits per heavy atom. The molecule has 5 heterocycles. The van der Waals surface area contributed by atoms with Crippen LogP contribution < -0.4 is 5.32 Å². The summed E-state index contributed by atoms with van der Waals surface area (Å²) in [4.78, 5) is 4.40. The largest absolute Gasteiger partial charge is 0.378 e. The van der Waals surface area contributed by atoms with Crippen LogP contribution in [0.15, 0.2) is 36.8 Å². The fourth-order valence-electron chi connectivity index (χ4n) is 5.39. The molecule has 9 nitrogen and oxygen atoms in total. The summed E-state index contributed by atoms with van der Waals surface area (Å²) in [6, 6.07) is 5.69. The van der Waals surface area contributed by atoms with Crippen LogP contribution in [0.5, 0.6) is 0 Å². The molecule has 38 heavy (non-hydrogen) atoms. The van der Waals surface area contributed by atoms with E-state index in [1.165, 1.54) is 0 Å². The number of aromatic nitrogens is 7. The number of anilines is 2. The van der Waals surface area contributed by atoms with Gasteiger partial charge in [0.25, 0.3) is 5.92 Å². The molecule has 0 spiro atoms. The Kier molecular flexibility index (Phi) is 6.77. The number of aryl methyl sites for hydroxylation is 1. The molecule has 0 aromatic carbocycles. The van der Waals surface area contributed by atoms with Gasteiger partial charge >= 0.3 is 0 Å². The molecule has 0 amide bonds. The summed E-state index contributed by atoms with van der Waals surface area (Å²) in [5.74, 6) is -0.617. The molecule has 1 fully saturated rings. The molecule has 1 aliphatic carbocycles. The van der Waals surface area contributed by atoms with E-state index in [9.17, 15) is 8.78 Å². The second kappa shape index (κ2) is 9.65. The Hall–Kier alpha value is -2.96. The Morgan fingerprint density at radius 1 is 1.21 bits per heavy atom. The topological polar surface area (TPSA) is 87.6 Å². The Balaban J connectivity index is 0.00000294. The predicted molar refractivity (Wildman–Crippen MR) is 146 cm³/mol. The van der Waals surface area contributed by atoms with E-state index in [2.05, 4.69) is 25.6 Å². The van der Waals surface area contributed by atoms with E-state index in [1.807, 2.05) is 40.6 Å². The highest BCUT2D eigenvalue weighted by atomic mass is 35.5. The van der Waals surface area contributed by atoms with Crippen LogP contribution in [0.25, 0.3) is 22.6 Å². The average Bonchev–Trinajstić information content (AvgIpc) is 3.51. The van der Waals surface area contributed by atoms with Gasteiger partial charge in [0.2, 0.25) is 0 Å². The highest BCUT2D eigenvalue weighted by molar-refractivity contribution is 7.59. The van der Waals surface area contributed by atoms with Gasteiger partial charge in [-0.2, -0.15) is 18.6 Å². The van der Waals surface area contributed by atoms with Gasteiger partial charge in [0.15, 0.2) is 5.82 Å². The molecule has 4 aromatic heterocycles. The fraction of sp³-hybridized carbons (Fsp3) is 0.440. The van der Waals surface area contributed by atoms with Crippen molar-refractivity contribution in [3.63, 3.8) is 0 Å². The van der Waals surface area contributed by atoms with E-state index >= 15 is 0 Å². The molecule has 1 atom stereocenters. The van der Waals surface area contributed by atoms with Crippen LogP contribution in [0.3, 0.4) is 0 Å². The van der Waals surface area contributed by atoms with Gasteiger partial charge < -0.3 is 19.2 Å². The SMILES string of the molecule is CO[C@H]1Cn2cc(-c3cc(Nc4ccnn4C)ncc3Cl)cc2-c2nnc(C3(C(C)(F)F)CCC3)n2C1.S. The zero-order valence-electron chi connectivity index (χ0n) is 21.2. The van der Waals surface area contributed by atoms with Crippen LogP contribution >= 0.6 is 25.1 Å². The van der Waals surface area contributed by atoms with Gasteiger partial charge in [-0.25, -0.2) is 13.8 Å². The Labute approximate surface area is 230 Å². The number of rotatable bonds is 6. The summed E-state index contributed by atoms with van der Waals surface area (Å²) in [5.41, 5.74) is 1.10. The van der Waals surface area contributed by atoms with Crippen LogP contribution in [0.4, 0.5) is 20.4 Å². The molecule has 202 valence electrons. The van der Waals surface area contributed by atoms with Gasteiger partial charge in [0.05, 0.1) is 41.5 Å². The van der Waals surface area contributed by atoms with Crippen molar-refractivity contribution in [2.24, 2.45) is 7.05 Å². The van der Waals surface area contributed by atoms with Gasteiger partial charge in [-0.1, -0.05) is 18.0 Å². The zero-order chi connectivity index (χ0) is 25.9. The van der Waals surface area contributed by atoms with Crippen molar-refractivity contribution in [3.8, 4) is 22.6 Å². The minimum Gasteiger partial charge on any atom is -0.378 e. The number of fused-ring (bicyclic) bond motifs is 3. The number of pyridine rings is 1. The van der Waals surface area contributed by atoms with E-state index < -0.39 is 11.3 Å². The lowest BCUT2D eigenvalue weighted by atomic mass is 9.64. The summed E-state index contributed by atoms with van der Waals surface area (Å²) in [6.45, 7) is 1.92. The van der Waals surface area contributed by atoms with E-state index in [4.69, 9.17) is 16.3 Å². The Bertz CT molecular complexity index is 1470. The third-order valence-corrected chi connectivity index (χ3v) is 8.02. The molecule has 2 aliphatic rings. The summed E-state index contributed by atoms with van der Waals surface area (Å²) in [6.07, 6.45) is 6.55. The number of hydrogen-bond donors (Lipinski definition) is 1. The van der Waals surface area contributed by atoms with Crippen LogP contribution in [0.1, 0.15) is 32.0 Å². The smallest absolute Gasteiger partial charge is 0.257 e. The van der Waals surface area contributed by atoms with Crippen molar-refractivity contribution in [1.29, 1.82) is 0 Å². The van der Waals surface area contributed by atoms with Crippen LogP contribution in [0, 0.1) is 0 Å². The van der Waals surface area contributed by atoms with E-state index in [-0.39, 0.29) is 19.6 Å². The second-order valence-corrected chi connectivity index (χ2v) is 10.3. The lowest BCUT2D eigenvalue weighted by Gasteiger charge is -2.45. The van der Waals surface area contributed by atoms with Crippen LogP contribution in [0.2, 0.25) is 5.02 Å². The maximum atomic E-state index is 14.9. The molecule has 0 unspecified atom stereocenters. The van der Waals surface area contributed by atoms with Gasteiger partial charge in [0.1, 0.15) is 17.5 Å². The van der Waals surface area contributed by atoms with Crippen molar-refractivity contribution >= 4 is 36.7 Å². The summed E-state index contributed by atoms with van der Waals surface area (Å²) < 4.78 is 41.0. The Morgan fingerprint density at radius 2 is 2.00 bits per heavy atom. The number of methoxy groups -OCH3 is 1. The molecule has 0 saturated heterocycles. The third kappa shape index (κ3) is 4.18. The highest BCUT2D eigenvalue weighted by Crippen LogP contribution is 2.53. The zero-order valence-corrected chi connectivity index (χ0v) is 23.0. The third-order valence-electron chi connectivity index (χ3n) is 7.72. The van der Waals surface area contributed by atoms with Gasteiger partial charge in [-0.05, 0) is 25.0 Å². The van der Waals surface area contributed by atoms with Gasteiger partial charge in [-0.3, -0.25) is 4.68 Å². The first-order valence-electron chi connectivity index (χ1n) is 12.2. The quantitative estimate of drug-likeness (QED) is 0.349. The first-order valence-corrected chi connectivity index (χ1v) is 12.5. The summed E-state index contributed by atoms with van der Waals surface area (Å²) >= 11 is 6.58.